The molecule has 0 aliphatic carbocycles. The van der Waals surface area contributed by atoms with Crippen LogP contribution in [0.1, 0.15) is 29.0 Å². The molecule has 2 atom stereocenters. The predicted octanol–water partition coefficient (Wildman–Crippen LogP) is 6.25. The third kappa shape index (κ3) is 5.13. The molecule has 0 radical (unpaired) electrons. The molecule has 0 saturated carbocycles. The van der Waals surface area contributed by atoms with E-state index in [1.807, 2.05) is 60.5 Å². The standard InChI is InChI=1S/C28H25Cl2N5O2S/c1-17-14-18(8-10-20(17)29)34-13-5-7-24(34)27-26(23-6-3-4-12-31-23)33-28(38)35(27)19-9-11-22(21(30)15-19)32-25(36)16-37-2/h3-15,26-27H,16H2,1-2H3,(H,32,36)(H,33,38)/t26-,27+/m0/s1. The zero-order chi connectivity index (χ0) is 26.8. The van der Waals surface area contributed by atoms with E-state index in [9.17, 15) is 4.79 Å². The van der Waals surface area contributed by atoms with Crippen LogP contribution in [0.3, 0.4) is 0 Å². The van der Waals surface area contributed by atoms with Crippen LogP contribution in [0.5, 0.6) is 0 Å². The van der Waals surface area contributed by atoms with E-state index in [-0.39, 0.29) is 24.6 Å². The molecule has 0 spiro atoms. The quantitative estimate of drug-likeness (QED) is 0.258. The second-order valence-electron chi connectivity index (χ2n) is 8.88. The molecule has 2 aromatic heterocycles. The van der Waals surface area contributed by atoms with E-state index >= 15 is 0 Å². The van der Waals surface area contributed by atoms with Crippen molar-refractivity contribution in [3.8, 4) is 5.69 Å². The summed E-state index contributed by atoms with van der Waals surface area (Å²) < 4.78 is 7.03. The smallest absolute Gasteiger partial charge is 0.250 e. The van der Waals surface area contributed by atoms with Crippen LogP contribution in [-0.4, -0.2) is 34.3 Å². The molecule has 5 rings (SSSR count). The molecular formula is C28H25Cl2N5O2S. The van der Waals surface area contributed by atoms with Gasteiger partial charge in [-0.25, -0.2) is 0 Å². The summed E-state index contributed by atoms with van der Waals surface area (Å²) in [5.74, 6) is -0.287. The summed E-state index contributed by atoms with van der Waals surface area (Å²) in [6.45, 7) is 1.92. The first-order chi connectivity index (χ1) is 18.4. The fraction of sp³-hybridized carbons (Fsp3) is 0.179. The molecule has 3 heterocycles. The van der Waals surface area contributed by atoms with Crippen LogP contribution in [0.25, 0.3) is 5.69 Å². The van der Waals surface area contributed by atoms with Gasteiger partial charge < -0.3 is 24.8 Å². The molecule has 2 N–H and O–H groups in total. The first-order valence-corrected chi connectivity index (χ1v) is 13.1. The number of ether oxygens (including phenoxy) is 1. The van der Waals surface area contributed by atoms with E-state index in [0.29, 0.717) is 20.8 Å². The molecule has 4 aromatic rings. The van der Waals surface area contributed by atoms with Gasteiger partial charge in [0, 0.05) is 41.6 Å². The summed E-state index contributed by atoms with van der Waals surface area (Å²) in [5.41, 5.74) is 5.10. The summed E-state index contributed by atoms with van der Waals surface area (Å²) in [6, 6.07) is 20.8. The second-order valence-corrected chi connectivity index (χ2v) is 10.1. The number of hydrogen-bond acceptors (Lipinski definition) is 4. The molecule has 1 aliphatic heterocycles. The first-order valence-electron chi connectivity index (χ1n) is 11.9. The average molecular weight is 567 g/mol. The fourth-order valence-electron chi connectivity index (χ4n) is 4.66. The molecule has 1 fully saturated rings. The number of carbonyl (C=O) groups is 1. The van der Waals surface area contributed by atoms with E-state index in [1.165, 1.54) is 7.11 Å². The van der Waals surface area contributed by atoms with Crippen LogP contribution < -0.4 is 15.5 Å². The van der Waals surface area contributed by atoms with Crippen molar-refractivity contribution >= 4 is 57.8 Å². The number of hydrogen-bond donors (Lipinski definition) is 2. The lowest BCUT2D eigenvalue weighted by molar-refractivity contribution is -0.119. The number of aromatic nitrogens is 2. The molecule has 10 heteroatoms. The summed E-state index contributed by atoms with van der Waals surface area (Å²) >= 11 is 18.8. The predicted molar refractivity (Wildman–Crippen MR) is 155 cm³/mol. The zero-order valence-corrected chi connectivity index (χ0v) is 23.0. The van der Waals surface area contributed by atoms with Crippen molar-refractivity contribution in [1.29, 1.82) is 0 Å². The van der Waals surface area contributed by atoms with Crippen molar-refractivity contribution in [3.63, 3.8) is 0 Å². The lowest BCUT2D eigenvalue weighted by Crippen LogP contribution is -2.30. The minimum absolute atomic E-state index is 0.0623. The monoisotopic (exact) mass is 565 g/mol. The normalized spacial score (nSPS) is 16.9. The number of aryl methyl sites for hydroxylation is 1. The summed E-state index contributed by atoms with van der Waals surface area (Å²) in [5, 5.41) is 7.88. The van der Waals surface area contributed by atoms with Gasteiger partial charge in [0.15, 0.2) is 5.11 Å². The number of methoxy groups -OCH3 is 1. The minimum atomic E-state index is -0.287. The van der Waals surface area contributed by atoms with E-state index in [2.05, 4.69) is 32.3 Å². The lowest BCUT2D eigenvalue weighted by atomic mass is 10.0. The van der Waals surface area contributed by atoms with Crippen LogP contribution in [0.15, 0.2) is 79.1 Å². The number of halogens is 2. The highest BCUT2D eigenvalue weighted by Crippen LogP contribution is 2.43. The van der Waals surface area contributed by atoms with Crippen molar-refractivity contribution in [3.05, 3.63) is 106 Å². The van der Waals surface area contributed by atoms with Gasteiger partial charge in [-0.3, -0.25) is 9.78 Å². The maximum atomic E-state index is 12.0. The van der Waals surface area contributed by atoms with Gasteiger partial charge in [0.1, 0.15) is 12.6 Å². The van der Waals surface area contributed by atoms with E-state index in [4.69, 9.17) is 40.2 Å². The highest BCUT2D eigenvalue weighted by Gasteiger charge is 2.42. The van der Waals surface area contributed by atoms with Crippen molar-refractivity contribution in [2.75, 3.05) is 23.9 Å². The summed E-state index contributed by atoms with van der Waals surface area (Å²) in [6.07, 6.45) is 3.80. The highest BCUT2D eigenvalue weighted by atomic mass is 35.5. The number of thiocarbonyl (C=S) groups is 1. The van der Waals surface area contributed by atoms with Crippen molar-refractivity contribution < 1.29 is 9.53 Å². The van der Waals surface area contributed by atoms with Gasteiger partial charge in [-0.1, -0.05) is 29.3 Å². The van der Waals surface area contributed by atoms with Crippen molar-refractivity contribution in [1.82, 2.24) is 14.9 Å². The number of nitrogens with zero attached hydrogens (tertiary/aromatic N) is 3. The zero-order valence-electron chi connectivity index (χ0n) is 20.7. The van der Waals surface area contributed by atoms with Crippen LogP contribution >= 0.6 is 35.4 Å². The Balaban J connectivity index is 1.59. The Kier molecular flexibility index (Phi) is 7.67. The molecule has 2 aromatic carbocycles. The third-order valence-electron chi connectivity index (χ3n) is 6.38. The van der Waals surface area contributed by atoms with Crippen LogP contribution in [0, 0.1) is 6.92 Å². The number of benzene rings is 2. The third-order valence-corrected chi connectivity index (χ3v) is 7.43. The topological polar surface area (TPSA) is 71.4 Å². The Morgan fingerprint density at radius 3 is 2.61 bits per heavy atom. The molecule has 1 saturated heterocycles. The van der Waals surface area contributed by atoms with Gasteiger partial charge in [0.2, 0.25) is 5.91 Å². The Morgan fingerprint density at radius 2 is 1.89 bits per heavy atom. The number of nitrogens with one attached hydrogen (secondary N) is 2. The highest BCUT2D eigenvalue weighted by molar-refractivity contribution is 7.80. The largest absolute Gasteiger partial charge is 0.375 e. The number of pyridine rings is 1. The minimum Gasteiger partial charge on any atom is -0.375 e. The van der Waals surface area contributed by atoms with Crippen molar-refractivity contribution in [2.24, 2.45) is 0 Å². The number of anilines is 2. The number of rotatable bonds is 7. The Hall–Kier alpha value is -3.43. The molecule has 0 unspecified atom stereocenters. The van der Waals surface area contributed by atoms with E-state index in [1.54, 1.807) is 18.3 Å². The molecule has 38 heavy (non-hydrogen) atoms. The molecule has 1 amide bonds. The molecule has 194 valence electrons. The lowest BCUT2D eigenvalue weighted by Gasteiger charge is -2.29. The van der Waals surface area contributed by atoms with E-state index in [0.717, 1.165) is 28.3 Å². The Labute approximate surface area is 236 Å². The van der Waals surface area contributed by atoms with Gasteiger partial charge >= 0.3 is 0 Å². The Bertz CT molecular complexity index is 1490. The van der Waals surface area contributed by atoms with Gasteiger partial charge in [0.05, 0.1) is 22.4 Å². The van der Waals surface area contributed by atoms with Crippen molar-refractivity contribution in [2.45, 2.75) is 19.0 Å². The SMILES string of the molecule is COCC(=O)Nc1ccc(N2C(=S)N[C@@H](c3ccccn3)[C@H]2c2cccn2-c2ccc(Cl)c(C)c2)cc1Cl. The van der Waals surface area contributed by atoms with Crippen LogP contribution in [-0.2, 0) is 9.53 Å². The average Bonchev–Trinajstić information content (AvgIpc) is 3.52. The first kappa shape index (κ1) is 26.2. The second kappa shape index (κ2) is 11.1. The molecule has 1 aliphatic rings. The number of amides is 1. The molecular weight excluding hydrogens is 541 g/mol. The fourth-order valence-corrected chi connectivity index (χ4v) is 5.34. The molecule has 7 nitrogen and oxygen atoms in total. The van der Waals surface area contributed by atoms with Gasteiger partial charge in [-0.05, 0) is 85.4 Å². The van der Waals surface area contributed by atoms with Gasteiger partial charge in [-0.2, -0.15) is 0 Å². The van der Waals surface area contributed by atoms with Gasteiger partial charge in [-0.15, -0.1) is 0 Å². The summed E-state index contributed by atoms with van der Waals surface area (Å²) in [7, 11) is 1.46. The molecule has 0 bridgehead atoms. The number of carbonyl (C=O) groups excluding carboxylic acids is 1. The Morgan fingerprint density at radius 1 is 1.08 bits per heavy atom. The summed E-state index contributed by atoms with van der Waals surface area (Å²) in [4.78, 5) is 18.7. The van der Waals surface area contributed by atoms with E-state index < -0.39 is 0 Å². The van der Waals surface area contributed by atoms with Gasteiger partial charge in [0.25, 0.3) is 0 Å². The van der Waals surface area contributed by atoms with Crippen LogP contribution in [0.2, 0.25) is 10.0 Å². The maximum absolute atomic E-state index is 12.0. The van der Waals surface area contributed by atoms with Crippen LogP contribution in [0.4, 0.5) is 11.4 Å². The maximum Gasteiger partial charge on any atom is 0.250 e.